The molecule has 0 radical (unpaired) electrons. The molecule has 0 aliphatic carbocycles. The Kier molecular flexibility index (Phi) is 4.52. The summed E-state index contributed by atoms with van der Waals surface area (Å²) in [6.07, 6.45) is 1.64. The molecule has 0 atom stereocenters. The zero-order chi connectivity index (χ0) is 9.56. The minimum Gasteiger partial charge on any atom is -0.477 e. The lowest BCUT2D eigenvalue weighted by atomic mass is 10.3. The average Bonchev–Trinajstić information content (AvgIpc) is 1.96. The number of rotatable bonds is 5. The molecule has 0 saturated carbocycles. The third-order valence-electron chi connectivity index (χ3n) is 1.08. The van der Waals surface area contributed by atoms with Gasteiger partial charge < -0.3 is 16.2 Å². The van der Waals surface area contributed by atoms with Crippen molar-refractivity contribution in [1.29, 1.82) is 0 Å². The van der Waals surface area contributed by atoms with Crippen molar-refractivity contribution in [3.8, 4) is 0 Å². The molecule has 0 fully saturated rings. The first kappa shape index (κ1) is 10.5. The molecule has 0 aliphatic heterocycles. The summed E-state index contributed by atoms with van der Waals surface area (Å²) < 4.78 is 0. The van der Waals surface area contributed by atoms with Crippen molar-refractivity contribution in [3.63, 3.8) is 0 Å². The number of hydrogen-bond acceptors (Lipinski definition) is 3. The molecule has 4 N–H and O–H groups in total. The molecule has 0 aromatic heterocycles. The van der Waals surface area contributed by atoms with E-state index in [0.29, 0.717) is 6.54 Å². The largest absolute Gasteiger partial charge is 0.477 e. The minimum atomic E-state index is -1.18. The number of hydrogen-bond donors (Lipinski definition) is 3. The summed E-state index contributed by atoms with van der Waals surface area (Å²) in [6, 6.07) is 0. The van der Waals surface area contributed by atoms with E-state index < -0.39 is 11.9 Å². The lowest BCUT2D eigenvalue weighted by Gasteiger charge is -2.03. The summed E-state index contributed by atoms with van der Waals surface area (Å²) in [5.41, 5.74) is 4.62. The van der Waals surface area contributed by atoms with Gasteiger partial charge in [-0.3, -0.25) is 4.79 Å². The maximum Gasteiger partial charge on any atom is 0.352 e. The van der Waals surface area contributed by atoms with Crippen molar-refractivity contribution in [2.75, 3.05) is 6.54 Å². The number of carboxylic acid groups (broad SMARTS) is 1. The first-order chi connectivity index (χ1) is 5.57. The monoisotopic (exact) mass is 172 g/mol. The predicted octanol–water partition coefficient (Wildman–Crippen LogP) is -0.560. The fraction of sp³-hybridized carbons (Fsp3) is 0.429. The van der Waals surface area contributed by atoms with Crippen LogP contribution in [0.1, 0.15) is 13.3 Å². The highest BCUT2D eigenvalue weighted by Crippen LogP contribution is 1.88. The van der Waals surface area contributed by atoms with Crippen LogP contribution >= 0.6 is 0 Å². The first-order valence-corrected chi connectivity index (χ1v) is 3.56. The van der Waals surface area contributed by atoms with Crippen molar-refractivity contribution in [1.82, 2.24) is 5.32 Å². The summed E-state index contributed by atoms with van der Waals surface area (Å²) in [7, 11) is 0. The SMILES string of the molecule is CCCN/C(=C/C(N)=O)C(=O)O. The van der Waals surface area contributed by atoms with E-state index in [1.54, 1.807) is 0 Å². The molecule has 0 bridgehead atoms. The minimum absolute atomic E-state index is 0.163. The number of nitrogens with one attached hydrogen (secondary N) is 1. The van der Waals surface area contributed by atoms with Gasteiger partial charge in [0.25, 0.3) is 0 Å². The van der Waals surface area contributed by atoms with Gasteiger partial charge in [-0.25, -0.2) is 4.79 Å². The number of primary amides is 1. The van der Waals surface area contributed by atoms with Gasteiger partial charge in [0.2, 0.25) is 5.91 Å². The molecule has 12 heavy (non-hydrogen) atoms. The Morgan fingerprint density at radius 1 is 1.58 bits per heavy atom. The van der Waals surface area contributed by atoms with Crippen LogP contribution in [0.4, 0.5) is 0 Å². The number of nitrogens with two attached hydrogens (primary N) is 1. The van der Waals surface area contributed by atoms with Crippen LogP contribution < -0.4 is 11.1 Å². The Morgan fingerprint density at radius 2 is 2.17 bits per heavy atom. The summed E-state index contributed by atoms with van der Waals surface area (Å²) in [4.78, 5) is 20.7. The second kappa shape index (κ2) is 5.17. The number of carbonyl (C=O) groups excluding carboxylic acids is 1. The molecule has 5 heteroatoms. The molecule has 0 saturated heterocycles. The van der Waals surface area contributed by atoms with Gasteiger partial charge in [0.1, 0.15) is 5.70 Å². The second-order valence-electron chi connectivity index (χ2n) is 2.19. The second-order valence-corrected chi connectivity index (χ2v) is 2.19. The first-order valence-electron chi connectivity index (χ1n) is 3.56. The van der Waals surface area contributed by atoms with Gasteiger partial charge in [0.05, 0.1) is 0 Å². The number of carboxylic acids is 1. The predicted molar refractivity (Wildman–Crippen MR) is 43.2 cm³/mol. The molecule has 0 aliphatic rings. The zero-order valence-electron chi connectivity index (χ0n) is 6.83. The van der Waals surface area contributed by atoms with Crippen LogP contribution in [0.15, 0.2) is 11.8 Å². The number of carbonyl (C=O) groups is 2. The molecule has 0 rings (SSSR count). The standard InChI is InChI=1S/C7H12N2O3/c1-2-3-9-5(7(11)12)4-6(8)10/h4,9H,2-3H2,1H3,(H2,8,10)(H,11,12)/b5-4+. The molecule has 1 amide bonds. The van der Waals surface area contributed by atoms with Crippen molar-refractivity contribution in [3.05, 3.63) is 11.8 Å². The van der Waals surface area contributed by atoms with E-state index in [9.17, 15) is 9.59 Å². The van der Waals surface area contributed by atoms with Crippen LogP contribution in [0.3, 0.4) is 0 Å². The van der Waals surface area contributed by atoms with E-state index in [0.717, 1.165) is 12.5 Å². The van der Waals surface area contributed by atoms with E-state index >= 15 is 0 Å². The van der Waals surface area contributed by atoms with Crippen molar-refractivity contribution < 1.29 is 14.7 Å². The van der Waals surface area contributed by atoms with E-state index in [1.165, 1.54) is 0 Å². The average molecular weight is 172 g/mol. The van der Waals surface area contributed by atoms with Gasteiger partial charge in [-0.15, -0.1) is 0 Å². The number of aliphatic carboxylic acids is 1. The molecular formula is C7H12N2O3. The van der Waals surface area contributed by atoms with Gasteiger partial charge in [-0.2, -0.15) is 0 Å². The fourth-order valence-corrected chi connectivity index (χ4v) is 0.590. The Morgan fingerprint density at radius 3 is 2.50 bits per heavy atom. The Hall–Kier alpha value is -1.52. The molecular weight excluding hydrogens is 160 g/mol. The lowest BCUT2D eigenvalue weighted by molar-refractivity contribution is -0.133. The van der Waals surface area contributed by atoms with Crippen molar-refractivity contribution in [2.45, 2.75) is 13.3 Å². The van der Waals surface area contributed by atoms with Crippen LogP contribution in [0.25, 0.3) is 0 Å². The molecule has 5 nitrogen and oxygen atoms in total. The highest BCUT2D eigenvalue weighted by atomic mass is 16.4. The Balaban J connectivity index is 4.23. The topological polar surface area (TPSA) is 92.4 Å². The van der Waals surface area contributed by atoms with E-state index in [-0.39, 0.29) is 5.70 Å². The molecule has 0 aromatic rings. The molecule has 0 heterocycles. The van der Waals surface area contributed by atoms with Crippen molar-refractivity contribution >= 4 is 11.9 Å². The Bertz CT molecular complexity index is 211. The maximum atomic E-state index is 10.4. The fourth-order valence-electron chi connectivity index (χ4n) is 0.590. The molecule has 0 aromatic carbocycles. The van der Waals surface area contributed by atoms with E-state index in [1.807, 2.05) is 6.92 Å². The molecule has 68 valence electrons. The summed E-state index contributed by atoms with van der Waals surface area (Å²) in [6.45, 7) is 2.39. The molecule has 0 unspecified atom stereocenters. The van der Waals surface area contributed by atoms with Crippen LogP contribution in [-0.4, -0.2) is 23.5 Å². The summed E-state index contributed by atoms with van der Waals surface area (Å²) in [5, 5.41) is 11.1. The van der Waals surface area contributed by atoms with Crippen LogP contribution in [0.5, 0.6) is 0 Å². The third-order valence-corrected chi connectivity index (χ3v) is 1.08. The highest BCUT2D eigenvalue weighted by molar-refractivity contribution is 5.96. The summed E-state index contributed by atoms with van der Waals surface area (Å²) in [5.74, 6) is -1.95. The van der Waals surface area contributed by atoms with Crippen LogP contribution in [0, 0.1) is 0 Å². The number of amides is 1. The van der Waals surface area contributed by atoms with Gasteiger partial charge >= 0.3 is 5.97 Å². The summed E-state index contributed by atoms with van der Waals surface area (Å²) >= 11 is 0. The van der Waals surface area contributed by atoms with Crippen molar-refractivity contribution in [2.24, 2.45) is 5.73 Å². The lowest BCUT2D eigenvalue weighted by Crippen LogP contribution is -2.23. The van der Waals surface area contributed by atoms with Gasteiger partial charge in [0.15, 0.2) is 0 Å². The van der Waals surface area contributed by atoms with Gasteiger partial charge in [-0.1, -0.05) is 6.92 Å². The van der Waals surface area contributed by atoms with Gasteiger partial charge in [-0.05, 0) is 6.42 Å². The van der Waals surface area contributed by atoms with E-state index in [4.69, 9.17) is 10.8 Å². The van der Waals surface area contributed by atoms with Crippen LogP contribution in [0.2, 0.25) is 0 Å². The third kappa shape index (κ3) is 4.32. The highest BCUT2D eigenvalue weighted by Gasteiger charge is 2.06. The smallest absolute Gasteiger partial charge is 0.352 e. The van der Waals surface area contributed by atoms with E-state index in [2.05, 4.69) is 5.32 Å². The normalized spacial score (nSPS) is 10.9. The Labute approximate surface area is 70.2 Å². The van der Waals surface area contributed by atoms with Crippen LogP contribution in [-0.2, 0) is 9.59 Å². The zero-order valence-corrected chi connectivity index (χ0v) is 6.83. The molecule has 0 spiro atoms. The maximum absolute atomic E-state index is 10.4. The quantitative estimate of drug-likeness (QED) is 0.484. The van der Waals surface area contributed by atoms with Gasteiger partial charge in [0, 0.05) is 12.6 Å².